The number of nitrogens with one attached hydrogen (secondary N) is 1. The maximum Gasteiger partial charge on any atom is 0.160 e. The molecule has 4 nitrogen and oxygen atoms in total. The van der Waals surface area contributed by atoms with Crippen LogP contribution >= 0.6 is 0 Å². The molecule has 3 rings (SSSR count). The molecule has 1 aliphatic heterocycles. The number of rotatable bonds is 2. The summed E-state index contributed by atoms with van der Waals surface area (Å²) >= 11 is 0. The van der Waals surface area contributed by atoms with Crippen molar-refractivity contribution in [2.45, 2.75) is 26.7 Å². The van der Waals surface area contributed by atoms with Gasteiger partial charge in [0.05, 0.1) is 11.9 Å². The zero-order chi connectivity index (χ0) is 13.2. The third-order valence-corrected chi connectivity index (χ3v) is 3.12. The highest BCUT2D eigenvalue weighted by atomic mass is 15.1. The summed E-state index contributed by atoms with van der Waals surface area (Å²) in [5.74, 6) is 1.53. The van der Waals surface area contributed by atoms with Gasteiger partial charge in [-0.25, -0.2) is 15.0 Å². The van der Waals surface area contributed by atoms with Gasteiger partial charge in [0.25, 0.3) is 0 Å². The van der Waals surface area contributed by atoms with Crippen molar-refractivity contribution in [2.75, 3.05) is 5.32 Å². The van der Waals surface area contributed by atoms with Crippen molar-refractivity contribution < 1.29 is 0 Å². The molecule has 0 saturated heterocycles. The number of aryl methyl sites for hydroxylation is 1. The Morgan fingerprint density at radius 1 is 1.21 bits per heavy atom. The Balaban J connectivity index is 2.19. The third-order valence-electron chi connectivity index (χ3n) is 3.12. The number of fused-ring (bicyclic) bond motifs is 2. The molecule has 96 valence electrons. The molecule has 2 heterocycles. The van der Waals surface area contributed by atoms with Gasteiger partial charge in [-0.1, -0.05) is 31.5 Å². The Bertz CT molecular complexity index is 646. The molecule has 1 aromatic carbocycles. The van der Waals surface area contributed by atoms with Crippen molar-refractivity contribution in [1.82, 2.24) is 9.97 Å². The molecular formula is C15H16N4. The first-order chi connectivity index (χ1) is 9.28. The van der Waals surface area contributed by atoms with E-state index >= 15 is 0 Å². The number of aromatic nitrogens is 2. The molecule has 0 bridgehead atoms. The van der Waals surface area contributed by atoms with E-state index in [-0.39, 0.29) is 0 Å². The maximum absolute atomic E-state index is 4.74. The number of hydrogen-bond donors (Lipinski definition) is 1. The fourth-order valence-electron chi connectivity index (χ4n) is 2.24. The topological polar surface area (TPSA) is 50.2 Å². The van der Waals surface area contributed by atoms with Gasteiger partial charge in [-0.15, -0.1) is 0 Å². The highest BCUT2D eigenvalue weighted by Crippen LogP contribution is 2.32. The summed E-state index contributed by atoms with van der Waals surface area (Å²) < 4.78 is 0. The number of hydrogen-bond acceptors (Lipinski definition) is 4. The number of aliphatic imine (C=N–C) groups is 1. The van der Waals surface area contributed by atoms with Crippen molar-refractivity contribution in [3.05, 3.63) is 41.9 Å². The molecule has 4 heteroatoms. The van der Waals surface area contributed by atoms with Crippen LogP contribution in [-0.4, -0.2) is 15.7 Å². The third kappa shape index (κ3) is 2.21. The molecule has 19 heavy (non-hydrogen) atoms. The Labute approximate surface area is 112 Å². The molecule has 0 fully saturated rings. The lowest BCUT2D eigenvalue weighted by Crippen LogP contribution is -2.02. The molecule has 0 unspecified atom stereocenters. The molecule has 0 radical (unpaired) electrons. The predicted octanol–water partition coefficient (Wildman–Crippen LogP) is 3.76. The molecule has 1 aliphatic rings. The van der Waals surface area contributed by atoms with Gasteiger partial charge in [0, 0.05) is 11.3 Å². The summed E-state index contributed by atoms with van der Waals surface area (Å²) in [6.45, 7) is 4.05. The summed E-state index contributed by atoms with van der Waals surface area (Å²) in [5, 5.41) is 3.37. The molecule has 0 spiro atoms. The fourth-order valence-corrected chi connectivity index (χ4v) is 2.24. The second-order valence-corrected chi connectivity index (χ2v) is 4.63. The summed E-state index contributed by atoms with van der Waals surface area (Å²) in [6.07, 6.45) is 3.80. The predicted molar refractivity (Wildman–Crippen MR) is 77.6 cm³/mol. The summed E-state index contributed by atoms with van der Waals surface area (Å²) in [7, 11) is 0. The van der Waals surface area contributed by atoms with Gasteiger partial charge in [0.1, 0.15) is 11.5 Å². The zero-order valence-corrected chi connectivity index (χ0v) is 11.1. The smallest absolute Gasteiger partial charge is 0.160 e. The number of anilines is 2. The average Bonchev–Trinajstić information content (AvgIpc) is 2.56. The van der Waals surface area contributed by atoms with Crippen LogP contribution in [0.2, 0.25) is 0 Å². The molecular weight excluding hydrogens is 236 g/mol. The van der Waals surface area contributed by atoms with Crippen molar-refractivity contribution >= 4 is 22.9 Å². The van der Waals surface area contributed by atoms with Crippen LogP contribution in [0.1, 0.15) is 31.2 Å². The van der Waals surface area contributed by atoms with E-state index in [1.165, 1.54) is 0 Å². The lowest BCUT2D eigenvalue weighted by molar-refractivity contribution is 0.992. The van der Waals surface area contributed by atoms with Crippen LogP contribution in [0.15, 0.2) is 35.5 Å². The lowest BCUT2D eigenvalue weighted by Gasteiger charge is -2.09. The Hall–Kier alpha value is -2.23. The van der Waals surface area contributed by atoms with Gasteiger partial charge in [-0.3, -0.25) is 0 Å². The van der Waals surface area contributed by atoms with Crippen LogP contribution in [0, 0.1) is 6.92 Å². The first-order valence-electron chi connectivity index (χ1n) is 6.55. The van der Waals surface area contributed by atoms with Crippen molar-refractivity contribution in [3.63, 3.8) is 0 Å². The highest BCUT2D eigenvalue weighted by Gasteiger charge is 2.16. The monoisotopic (exact) mass is 252 g/mol. The minimum atomic E-state index is 0.748. The first kappa shape index (κ1) is 11.8. The van der Waals surface area contributed by atoms with Gasteiger partial charge in [0.15, 0.2) is 5.82 Å². The standard InChI is InChI=1S/C15H16N4/c1-3-6-12-11-7-4-5-8-13(11)19-15-14(18-12)9-16-10(2)17-15/h4-5,7-9H,3,6H2,1-2H3,(H,16,17,19). The Kier molecular flexibility index (Phi) is 2.99. The number of benzene rings is 1. The van der Waals surface area contributed by atoms with Crippen LogP contribution in [0.25, 0.3) is 0 Å². The molecule has 2 aromatic rings. The van der Waals surface area contributed by atoms with Gasteiger partial charge in [-0.05, 0) is 19.4 Å². The van der Waals surface area contributed by atoms with Crippen LogP contribution in [0.3, 0.4) is 0 Å². The van der Waals surface area contributed by atoms with E-state index in [2.05, 4.69) is 34.3 Å². The molecule has 0 atom stereocenters. The first-order valence-corrected chi connectivity index (χ1v) is 6.55. The van der Waals surface area contributed by atoms with Crippen molar-refractivity contribution in [1.29, 1.82) is 0 Å². The molecule has 1 N–H and O–H groups in total. The van der Waals surface area contributed by atoms with Crippen LogP contribution < -0.4 is 5.32 Å². The molecule has 0 aliphatic carbocycles. The average molecular weight is 252 g/mol. The largest absolute Gasteiger partial charge is 0.338 e. The minimum absolute atomic E-state index is 0.748. The fraction of sp³-hybridized carbons (Fsp3) is 0.267. The van der Waals surface area contributed by atoms with Crippen LogP contribution in [0.4, 0.5) is 17.2 Å². The van der Waals surface area contributed by atoms with Gasteiger partial charge >= 0.3 is 0 Å². The van der Waals surface area contributed by atoms with E-state index in [0.29, 0.717) is 0 Å². The SMILES string of the molecule is CCCC1=Nc2cnc(C)nc2Nc2ccccc21. The van der Waals surface area contributed by atoms with E-state index < -0.39 is 0 Å². The molecule has 0 amide bonds. The van der Waals surface area contributed by atoms with Crippen LogP contribution in [0.5, 0.6) is 0 Å². The Morgan fingerprint density at radius 2 is 2.05 bits per heavy atom. The van der Waals surface area contributed by atoms with Gasteiger partial charge in [-0.2, -0.15) is 0 Å². The number of nitrogens with zero attached hydrogens (tertiary/aromatic N) is 3. The second kappa shape index (κ2) is 4.80. The van der Waals surface area contributed by atoms with Gasteiger partial charge in [0.2, 0.25) is 0 Å². The van der Waals surface area contributed by atoms with Gasteiger partial charge < -0.3 is 5.32 Å². The molecule has 0 saturated carbocycles. The summed E-state index contributed by atoms with van der Waals surface area (Å²) in [5.41, 5.74) is 4.12. The van der Waals surface area contributed by atoms with E-state index in [1.807, 2.05) is 19.1 Å². The molecule has 1 aromatic heterocycles. The quantitative estimate of drug-likeness (QED) is 0.885. The zero-order valence-electron chi connectivity index (χ0n) is 11.1. The van der Waals surface area contributed by atoms with Crippen molar-refractivity contribution in [2.24, 2.45) is 4.99 Å². The van der Waals surface area contributed by atoms with E-state index in [1.54, 1.807) is 6.20 Å². The summed E-state index contributed by atoms with van der Waals surface area (Å²) in [6, 6.07) is 8.23. The Morgan fingerprint density at radius 3 is 2.89 bits per heavy atom. The van der Waals surface area contributed by atoms with Crippen LogP contribution in [-0.2, 0) is 0 Å². The summed E-state index contributed by atoms with van der Waals surface area (Å²) in [4.78, 5) is 13.4. The highest BCUT2D eigenvalue weighted by molar-refractivity contribution is 6.08. The van der Waals surface area contributed by atoms with E-state index in [4.69, 9.17) is 4.99 Å². The van der Waals surface area contributed by atoms with E-state index in [9.17, 15) is 0 Å². The van der Waals surface area contributed by atoms with E-state index in [0.717, 1.165) is 47.1 Å². The second-order valence-electron chi connectivity index (χ2n) is 4.63. The minimum Gasteiger partial charge on any atom is -0.338 e. The maximum atomic E-state index is 4.74. The number of para-hydroxylation sites is 1. The normalized spacial score (nSPS) is 12.8. The lowest BCUT2D eigenvalue weighted by atomic mass is 10.0. The van der Waals surface area contributed by atoms with Crippen molar-refractivity contribution in [3.8, 4) is 0 Å².